The minimum atomic E-state index is -3.91. The molecule has 1 N–H and O–H groups in total. The SMILES string of the molecule is Cc1nn(-c2ccc(F)cc2)c2c1CC1(C(=O)O)CN(S(=O)(=O)c3ccnn3C)CCC1=C2. The van der Waals surface area contributed by atoms with E-state index in [1.54, 1.807) is 23.7 Å². The highest BCUT2D eigenvalue weighted by molar-refractivity contribution is 7.89. The Kier molecular flexibility index (Phi) is 4.80. The Labute approximate surface area is 189 Å². The number of hydrogen-bond acceptors (Lipinski definition) is 5. The van der Waals surface area contributed by atoms with Crippen LogP contribution in [-0.2, 0) is 28.3 Å². The van der Waals surface area contributed by atoms with Crippen LogP contribution >= 0.6 is 0 Å². The number of aryl methyl sites for hydroxylation is 2. The Morgan fingerprint density at radius 2 is 1.94 bits per heavy atom. The molecule has 1 atom stereocenters. The molecule has 1 aliphatic heterocycles. The maximum atomic E-state index is 13.4. The van der Waals surface area contributed by atoms with E-state index < -0.39 is 21.4 Å². The van der Waals surface area contributed by atoms with Crippen molar-refractivity contribution in [1.29, 1.82) is 0 Å². The summed E-state index contributed by atoms with van der Waals surface area (Å²) in [5, 5.41) is 18.8. The van der Waals surface area contributed by atoms with Crippen molar-refractivity contribution >= 4 is 22.1 Å². The van der Waals surface area contributed by atoms with Gasteiger partial charge in [-0.1, -0.05) is 0 Å². The summed E-state index contributed by atoms with van der Waals surface area (Å²) >= 11 is 0. The van der Waals surface area contributed by atoms with Gasteiger partial charge in [-0.05, 0) is 61.7 Å². The first-order valence-electron chi connectivity index (χ1n) is 10.4. The van der Waals surface area contributed by atoms with E-state index in [9.17, 15) is 22.7 Å². The maximum Gasteiger partial charge on any atom is 0.315 e. The van der Waals surface area contributed by atoms with Gasteiger partial charge in [0.1, 0.15) is 11.2 Å². The lowest BCUT2D eigenvalue weighted by Crippen LogP contribution is -2.53. The Bertz CT molecular complexity index is 1410. The molecule has 1 fully saturated rings. The lowest BCUT2D eigenvalue weighted by atomic mass is 9.68. The van der Waals surface area contributed by atoms with Crippen molar-refractivity contribution in [3.63, 3.8) is 0 Å². The van der Waals surface area contributed by atoms with Gasteiger partial charge in [0, 0.05) is 25.7 Å². The van der Waals surface area contributed by atoms with Gasteiger partial charge >= 0.3 is 5.97 Å². The van der Waals surface area contributed by atoms with Crippen LogP contribution in [0.3, 0.4) is 0 Å². The van der Waals surface area contributed by atoms with E-state index in [0.29, 0.717) is 17.0 Å². The second kappa shape index (κ2) is 7.35. The molecule has 33 heavy (non-hydrogen) atoms. The number of aromatic nitrogens is 4. The number of carboxylic acids is 1. The summed E-state index contributed by atoms with van der Waals surface area (Å²) in [5.74, 6) is -1.43. The third kappa shape index (κ3) is 3.22. The Balaban J connectivity index is 1.58. The van der Waals surface area contributed by atoms with Crippen LogP contribution < -0.4 is 0 Å². The molecule has 1 aromatic carbocycles. The van der Waals surface area contributed by atoms with Crippen molar-refractivity contribution < 1.29 is 22.7 Å². The number of fused-ring (bicyclic) bond motifs is 2. The first-order chi connectivity index (χ1) is 15.6. The van der Waals surface area contributed by atoms with E-state index in [4.69, 9.17) is 0 Å². The minimum Gasteiger partial charge on any atom is -0.481 e. The van der Waals surface area contributed by atoms with E-state index in [-0.39, 0.29) is 36.8 Å². The zero-order chi connectivity index (χ0) is 23.5. The fourth-order valence-corrected chi connectivity index (χ4v) is 6.37. The Hall–Kier alpha value is -3.31. The van der Waals surface area contributed by atoms with Crippen LogP contribution in [0.25, 0.3) is 11.8 Å². The zero-order valence-corrected chi connectivity index (χ0v) is 18.9. The monoisotopic (exact) mass is 471 g/mol. The van der Waals surface area contributed by atoms with Crippen LogP contribution in [0.5, 0.6) is 0 Å². The van der Waals surface area contributed by atoms with E-state index in [1.807, 2.05) is 6.08 Å². The average Bonchev–Trinajstić information content (AvgIpc) is 3.35. The lowest BCUT2D eigenvalue weighted by Gasteiger charge is -2.43. The molecule has 0 radical (unpaired) electrons. The minimum absolute atomic E-state index is 0.0206. The fraction of sp³-hybridized carbons (Fsp3) is 0.318. The topological polar surface area (TPSA) is 110 Å². The van der Waals surface area contributed by atoms with Crippen LogP contribution in [0, 0.1) is 18.2 Å². The second-order valence-electron chi connectivity index (χ2n) is 8.45. The number of nitrogens with zero attached hydrogens (tertiary/aromatic N) is 5. The number of aliphatic carboxylic acids is 1. The van der Waals surface area contributed by atoms with Crippen molar-refractivity contribution in [2.45, 2.75) is 24.8 Å². The number of halogens is 1. The summed E-state index contributed by atoms with van der Waals surface area (Å²) in [7, 11) is -2.38. The van der Waals surface area contributed by atoms with Crippen molar-refractivity contribution in [3.8, 4) is 5.69 Å². The number of carboxylic acid groups (broad SMARTS) is 1. The second-order valence-corrected chi connectivity index (χ2v) is 10.3. The van der Waals surface area contributed by atoms with Gasteiger partial charge in [0.05, 0.1) is 23.3 Å². The first-order valence-corrected chi connectivity index (χ1v) is 11.8. The van der Waals surface area contributed by atoms with E-state index in [2.05, 4.69) is 10.2 Å². The molecular formula is C22H22FN5O4S. The number of benzene rings is 1. The van der Waals surface area contributed by atoms with E-state index >= 15 is 0 Å². The summed E-state index contributed by atoms with van der Waals surface area (Å²) in [6, 6.07) is 7.32. The Morgan fingerprint density at radius 1 is 1.21 bits per heavy atom. The van der Waals surface area contributed by atoms with Crippen LogP contribution in [0.2, 0.25) is 0 Å². The fourth-order valence-electron chi connectivity index (χ4n) is 4.77. The number of rotatable bonds is 4. The molecule has 2 aliphatic rings. The molecular weight excluding hydrogens is 449 g/mol. The number of carbonyl (C=O) groups is 1. The molecule has 3 heterocycles. The quantitative estimate of drug-likeness (QED) is 0.624. The van der Waals surface area contributed by atoms with Gasteiger partial charge in [0.2, 0.25) is 0 Å². The van der Waals surface area contributed by atoms with Gasteiger partial charge in [-0.3, -0.25) is 9.48 Å². The molecule has 0 saturated carbocycles. The molecule has 1 saturated heterocycles. The molecule has 2 aromatic heterocycles. The number of piperidine rings is 1. The third-order valence-corrected chi connectivity index (χ3v) is 8.49. The molecule has 0 spiro atoms. The molecule has 1 aliphatic carbocycles. The Morgan fingerprint density at radius 3 is 2.58 bits per heavy atom. The summed E-state index contributed by atoms with van der Waals surface area (Å²) < 4.78 is 44.1. The number of hydrogen-bond donors (Lipinski definition) is 1. The van der Waals surface area contributed by atoms with Crippen molar-refractivity contribution in [2.75, 3.05) is 13.1 Å². The first kappa shape index (κ1) is 21.5. The highest BCUT2D eigenvalue weighted by Crippen LogP contribution is 2.46. The molecule has 9 nitrogen and oxygen atoms in total. The third-order valence-electron chi connectivity index (χ3n) is 6.57. The van der Waals surface area contributed by atoms with Crippen molar-refractivity contribution in [3.05, 3.63) is 64.9 Å². The van der Waals surface area contributed by atoms with Crippen LogP contribution in [0.4, 0.5) is 4.39 Å². The van der Waals surface area contributed by atoms with E-state index in [1.165, 1.54) is 40.4 Å². The standard InChI is InChI=1S/C22H22FN5O4S/c1-14-18-12-22(21(29)30)13-27(33(31,32)20-7-9-24-26(20)2)10-8-15(22)11-19(18)28(25-14)17-5-3-16(23)4-6-17/h3-7,9,11H,8,10,12-13H2,1-2H3,(H,29,30). The zero-order valence-electron chi connectivity index (χ0n) is 18.1. The predicted octanol–water partition coefficient (Wildman–Crippen LogP) is 2.16. The van der Waals surface area contributed by atoms with Crippen LogP contribution in [-0.4, -0.2) is 56.4 Å². The lowest BCUT2D eigenvalue weighted by molar-refractivity contribution is -0.147. The average molecular weight is 472 g/mol. The molecule has 0 bridgehead atoms. The van der Waals surface area contributed by atoms with Gasteiger partial charge in [-0.25, -0.2) is 17.5 Å². The highest BCUT2D eigenvalue weighted by Gasteiger charge is 2.51. The summed E-state index contributed by atoms with van der Waals surface area (Å²) in [6.45, 7) is 1.77. The maximum absolute atomic E-state index is 13.4. The molecule has 3 aromatic rings. The van der Waals surface area contributed by atoms with Crippen molar-refractivity contribution in [2.24, 2.45) is 12.5 Å². The summed E-state index contributed by atoms with van der Waals surface area (Å²) in [4.78, 5) is 12.6. The van der Waals surface area contributed by atoms with E-state index in [0.717, 1.165) is 11.3 Å². The molecule has 0 amide bonds. The largest absolute Gasteiger partial charge is 0.481 e. The molecule has 5 rings (SSSR count). The smallest absolute Gasteiger partial charge is 0.315 e. The normalized spacial score (nSPS) is 20.8. The molecule has 1 unspecified atom stereocenters. The molecule has 11 heteroatoms. The van der Waals surface area contributed by atoms with Crippen LogP contribution in [0.15, 0.2) is 47.1 Å². The number of sulfonamides is 1. The van der Waals surface area contributed by atoms with Gasteiger partial charge in [-0.2, -0.15) is 14.5 Å². The summed E-state index contributed by atoms with van der Waals surface area (Å²) in [6.07, 6.45) is 3.60. The molecule has 172 valence electrons. The van der Waals surface area contributed by atoms with Gasteiger partial charge in [0.15, 0.2) is 5.03 Å². The van der Waals surface area contributed by atoms with Gasteiger partial charge in [0.25, 0.3) is 10.0 Å². The predicted molar refractivity (Wildman–Crippen MR) is 117 cm³/mol. The van der Waals surface area contributed by atoms with Gasteiger partial charge in [-0.15, -0.1) is 0 Å². The van der Waals surface area contributed by atoms with Crippen molar-refractivity contribution in [1.82, 2.24) is 23.9 Å². The van der Waals surface area contributed by atoms with Gasteiger partial charge < -0.3 is 5.11 Å². The highest BCUT2D eigenvalue weighted by atomic mass is 32.2. The summed E-state index contributed by atoms with van der Waals surface area (Å²) in [5.41, 5.74) is 2.06. The van der Waals surface area contributed by atoms with Crippen LogP contribution in [0.1, 0.15) is 23.4 Å².